The maximum Gasteiger partial charge on any atom is 0.250 e. The number of piperazine rings is 1. The zero-order chi connectivity index (χ0) is 15.0. The van der Waals surface area contributed by atoms with E-state index in [1.807, 2.05) is 13.8 Å². The van der Waals surface area contributed by atoms with Gasteiger partial charge in [0.05, 0.1) is 10.7 Å². The fraction of sp³-hybridized carbons (Fsp3) is 0.429. The van der Waals surface area contributed by atoms with E-state index in [1.165, 1.54) is 4.90 Å². The Morgan fingerprint density at radius 3 is 2.50 bits per heavy atom. The van der Waals surface area contributed by atoms with Gasteiger partial charge in [-0.2, -0.15) is 0 Å². The van der Waals surface area contributed by atoms with E-state index in [-0.39, 0.29) is 11.8 Å². The molecule has 1 saturated heterocycles. The van der Waals surface area contributed by atoms with Crippen LogP contribution in [0.1, 0.15) is 25.8 Å². The first-order valence-corrected chi connectivity index (χ1v) is 7.21. The molecular formula is C14H16Cl2N2O2. The summed E-state index contributed by atoms with van der Waals surface area (Å²) in [6.07, 6.45) is 0.506. The molecule has 1 aromatic rings. The van der Waals surface area contributed by atoms with Gasteiger partial charge < -0.3 is 5.32 Å². The first kappa shape index (κ1) is 15.1. The number of anilines is 1. The SMILES string of the molecule is CCC1C(=O)NC(C)C(=O)N1c1cc(Cl)c(C)cc1Cl. The van der Waals surface area contributed by atoms with Crippen LogP contribution >= 0.6 is 23.2 Å². The highest BCUT2D eigenvalue weighted by Gasteiger charge is 2.39. The van der Waals surface area contributed by atoms with Crippen molar-refractivity contribution in [3.05, 3.63) is 27.7 Å². The number of benzene rings is 1. The molecule has 0 spiro atoms. The van der Waals surface area contributed by atoms with Gasteiger partial charge in [-0.3, -0.25) is 14.5 Å². The summed E-state index contributed by atoms with van der Waals surface area (Å²) in [6.45, 7) is 5.34. The molecule has 0 radical (unpaired) electrons. The van der Waals surface area contributed by atoms with Gasteiger partial charge in [-0.1, -0.05) is 30.1 Å². The zero-order valence-corrected chi connectivity index (χ0v) is 13.0. The van der Waals surface area contributed by atoms with Gasteiger partial charge in [-0.15, -0.1) is 0 Å². The quantitative estimate of drug-likeness (QED) is 0.912. The van der Waals surface area contributed by atoms with E-state index in [1.54, 1.807) is 19.1 Å². The molecule has 2 atom stereocenters. The summed E-state index contributed by atoms with van der Waals surface area (Å²) < 4.78 is 0. The van der Waals surface area contributed by atoms with Crippen molar-refractivity contribution in [2.24, 2.45) is 0 Å². The van der Waals surface area contributed by atoms with E-state index in [0.717, 1.165) is 5.56 Å². The van der Waals surface area contributed by atoms with Crippen LogP contribution in [0.3, 0.4) is 0 Å². The van der Waals surface area contributed by atoms with E-state index in [4.69, 9.17) is 23.2 Å². The van der Waals surface area contributed by atoms with Crippen molar-refractivity contribution < 1.29 is 9.59 Å². The lowest BCUT2D eigenvalue weighted by molar-refractivity contribution is -0.133. The number of carbonyl (C=O) groups excluding carboxylic acids is 2. The maximum absolute atomic E-state index is 12.4. The summed E-state index contributed by atoms with van der Waals surface area (Å²) >= 11 is 12.4. The minimum absolute atomic E-state index is 0.174. The van der Waals surface area contributed by atoms with Gasteiger partial charge in [0.15, 0.2) is 0 Å². The van der Waals surface area contributed by atoms with E-state index in [0.29, 0.717) is 22.2 Å². The van der Waals surface area contributed by atoms with E-state index in [2.05, 4.69) is 5.32 Å². The molecule has 20 heavy (non-hydrogen) atoms. The third-order valence-electron chi connectivity index (χ3n) is 3.46. The molecule has 108 valence electrons. The van der Waals surface area contributed by atoms with E-state index >= 15 is 0 Å². The minimum atomic E-state index is -0.568. The Bertz CT molecular complexity index is 575. The normalized spacial score (nSPS) is 22.9. The molecule has 0 bridgehead atoms. The van der Waals surface area contributed by atoms with Crippen molar-refractivity contribution in [2.45, 2.75) is 39.3 Å². The van der Waals surface area contributed by atoms with Crippen molar-refractivity contribution in [3.8, 4) is 0 Å². The summed E-state index contributed by atoms with van der Waals surface area (Å²) in [5, 5.41) is 3.61. The Kier molecular flexibility index (Phi) is 4.25. The molecule has 6 heteroatoms. The first-order chi connectivity index (χ1) is 9.36. The first-order valence-electron chi connectivity index (χ1n) is 6.46. The lowest BCUT2D eigenvalue weighted by Crippen LogP contribution is -2.62. The smallest absolute Gasteiger partial charge is 0.250 e. The third kappa shape index (κ3) is 2.50. The number of aryl methyl sites for hydroxylation is 1. The predicted octanol–water partition coefficient (Wildman–Crippen LogP) is 2.93. The standard InChI is InChI=1S/C14H16Cl2N2O2/c1-4-11-13(19)17-8(3)14(20)18(11)12-6-9(15)7(2)5-10(12)16/h5-6,8,11H,4H2,1-3H3,(H,17,19). The monoisotopic (exact) mass is 314 g/mol. The van der Waals surface area contributed by atoms with Crippen LogP contribution < -0.4 is 10.2 Å². The number of amides is 2. The van der Waals surface area contributed by atoms with Crippen molar-refractivity contribution >= 4 is 40.7 Å². The van der Waals surface area contributed by atoms with Crippen molar-refractivity contribution in [2.75, 3.05) is 4.90 Å². The number of nitrogens with one attached hydrogen (secondary N) is 1. The second-order valence-electron chi connectivity index (χ2n) is 4.92. The summed E-state index contributed by atoms with van der Waals surface area (Å²) in [5.41, 5.74) is 1.32. The van der Waals surface area contributed by atoms with Crippen LogP contribution in [-0.4, -0.2) is 23.9 Å². The van der Waals surface area contributed by atoms with Crippen molar-refractivity contribution in [3.63, 3.8) is 0 Å². The van der Waals surface area contributed by atoms with Crippen LogP contribution in [0.25, 0.3) is 0 Å². The Morgan fingerprint density at radius 2 is 1.90 bits per heavy atom. The molecule has 4 nitrogen and oxygen atoms in total. The number of hydrogen-bond acceptors (Lipinski definition) is 2. The molecule has 1 aliphatic rings. The van der Waals surface area contributed by atoms with Crippen LogP contribution in [0.2, 0.25) is 10.0 Å². The van der Waals surface area contributed by atoms with Gasteiger partial charge in [0, 0.05) is 5.02 Å². The summed E-state index contributed by atoms with van der Waals surface area (Å²) in [7, 11) is 0. The molecule has 1 aromatic carbocycles. The Morgan fingerprint density at radius 1 is 1.25 bits per heavy atom. The van der Waals surface area contributed by atoms with Gasteiger partial charge in [-0.25, -0.2) is 0 Å². The molecule has 1 aliphatic heterocycles. The molecule has 0 aromatic heterocycles. The molecule has 0 saturated carbocycles. The molecule has 1 N–H and O–H groups in total. The van der Waals surface area contributed by atoms with E-state index < -0.39 is 12.1 Å². The van der Waals surface area contributed by atoms with Gasteiger partial charge in [0.1, 0.15) is 12.1 Å². The molecule has 1 fully saturated rings. The number of carbonyl (C=O) groups is 2. The highest BCUT2D eigenvalue weighted by molar-refractivity contribution is 6.36. The molecule has 0 aliphatic carbocycles. The Hall–Kier alpha value is -1.26. The molecule has 2 amide bonds. The number of halogens is 2. The van der Waals surface area contributed by atoms with Gasteiger partial charge in [0.25, 0.3) is 0 Å². The predicted molar refractivity (Wildman–Crippen MR) is 80.4 cm³/mol. The number of hydrogen-bond donors (Lipinski definition) is 1. The highest BCUT2D eigenvalue weighted by Crippen LogP contribution is 2.34. The summed E-state index contributed by atoms with van der Waals surface area (Å²) in [4.78, 5) is 25.9. The van der Waals surface area contributed by atoms with Crippen molar-refractivity contribution in [1.82, 2.24) is 5.32 Å². The van der Waals surface area contributed by atoms with Crippen LogP contribution in [0.15, 0.2) is 12.1 Å². The summed E-state index contributed by atoms with van der Waals surface area (Å²) in [6, 6.07) is 2.22. The average molecular weight is 315 g/mol. The van der Waals surface area contributed by atoms with Crippen LogP contribution in [0, 0.1) is 6.92 Å². The highest BCUT2D eigenvalue weighted by atomic mass is 35.5. The topological polar surface area (TPSA) is 49.4 Å². The molecular weight excluding hydrogens is 299 g/mol. The molecule has 1 heterocycles. The number of rotatable bonds is 2. The van der Waals surface area contributed by atoms with Crippen LogP contribution in [0.5, 0.6) is 0 Å². The second-order valence-corrected chi connectivity index (χ2v) is 5.73. The fourth-order valence-corrected chi connectivity index (χ4v) is 2.79. The maximum atomic E-state index is 12.4. The van der Waals surface area contributed by atoms with Gasteiger partial charge in [0.2, 0.25) is 11.8 Å². The average Bonchev–Trinajstić information content (AvgIpc) is 2.38. The molecule has 2 rings (SSSR count). The lowest BCUT2D eigenvalue weighted by atomic mass is 10.0. The number of nitrogens with zero attached hydrogens (tertiary/aromatic N) is 1. The fourth-order valence-electron chi connectivity index (χ4n) is 2.33. The van der Waals surface area contributed by atoms with Crippen LogP contribution in [-0.2, 0) is 9.59 Å². The lowest BCUT2D eigenvalue weighted by Gasteiger charge is -2.38. The third-order valence-corrected chi connectivity index (χ3v) is 4.17. The Balaban J connectivity index is 2.54. The van der Waals surface area contributed by atoms with E-state index in [9.17, 15) is 9.59 Å². The second kappa shape index (κ2) is 5.62. The van der Waals surface area contributed by atoms with Gasteiger partial charge >= 0.3 is 0 Å². The van der Waals surface area contributed by atoms with Gasteiger partial charge in [-0.05, 0) is 38.0 Å². The zero-order valence-electron chi connectivity index (χ0n) is 11.5. The largest absolute Gasteiger partial charge is 0.343 e. The minimum Gasteiger partial charge on any atom is -0.343 e. The van der Waals surface area contributed by atoms with Crippen molar-refractivity contribution in [1.29, 1.82) is 0 Å². The Labute approximate surface area is 128 Å². The molecule has 2 unspecified atom stereocenters. The summed E-state index contributed by atoms with van der Waals surface area (Å²) in [5.74, 6) is -0.356. The van der Waals surface area contributed by atoms with Crippen LogP contribution in [0.4, 0.5) is 5.69 Å².